The second-order valence-corrected chi connectivity index (χ2v) is 5.25. The van der Waals surface area contributed by atoms with Crippen molar-refractivity contribution < 1.29 is 9.47 Å². The molecule has 0 spiro atoms. The van der Waals surface area contributed by atoms with Crippen LogP contribution in [0, 0.1) is 0 Å². The molecule has 1 aliphatic rings. The van der Waals surface area contributed by atoms with Crippen LogP contribution in [0.2, 0.25) is 0 Å². The molecule has 1 aromatic rings. The van der Waals surface area contributed by atoms with Crippen LogP contribution >= 0.6 is 0 Å². The van der Waals surface area contributed by atoms with E-state index >= 15 is 0 Å². The second-order valence-electron chi connectivity index (χ2n) is 5.25. The molecule has 1 saturated heterocycles. The molecule has 0 aromatic carbocycles. The van der Waals surface area contributed by atoms with Crippen molar-refractivity contribution in [2.75, 3.05) is 38.3 Å². The number of hydrogen-bond donors (Lipinski definition) is 1. The standard InChI is InChI=1S/C15H25N3O2/c1-19-8-2-3-9-20-15-10-14(11-17-12-15)18-6-4-13(16)5-7-18/h10-13H,2-9,16H2,1H3. The zero-order valence-corrected chi connectivity index (χ0v) is 12.3. The molecule has 1 aliphatic heterocycles. The predicted molar refractivity (Wildman–Crippen MR) is 80.3 cm³/mol. The van der Waals surface area contributed by atoms with E-state index in [9.17, 15) is 0 Å². The molecular formula is C15H25N3O2. The van der Waals surface area contributed by atoms with E-state index in [1.807, 2.05) is 6.20 Å². The Kier molecular flexibility index (Phi) is 6.08. The number of methoxy groups -OCH3 is 1. The molecule has 0 amide bonds. The van der Waals surface area contributed by atoms with Crippen LogP contribution in [0.25, 0.3) is 0 Å². The van der Waals surface area contributed by atoms with Crippen molar-refractivity contribution in [3.8, 4) is 5.75 Å². The Morgan fingerprint density at radius 3 is 2.75 bits per heavy atom. The molecule has 5 heteroatoms. The Bertz CT molecular complexity index is 392. The number of ether oxygens (including phenoxy) is 2. The highest BCUT2D eigenvalue weighted by Gasteiger charge is 2.16. The number of aromatic nitrogens is 1. The van der Waals surface area contributed by atoms with Crippen LogP contribution in [0.3, 0.4) is 0 Å². The molecule has 1 fully saturated rings. The molecule has 112 valence electrons. The molecule has 0 bridgehead atoms. The molecule has 1 aromatic heterocycles. The lowest BCUT2D eigenvalue weighted by molar-refractivity contribution is 0.184. The quantitative estimate of drug-likeness (QED) is 0.771. The van der Waals surface area contributed by atoms with Crippen molar-refractivity contribution in [1.82, 2.24) is 4.98 Å². The van der Waals surface area contributed by atoms with Crippen LogP contribution in [0.4, 0.5) is 5.69 Å². The Morgan fingerprint density at radius 1 is 1.25 bits per heavy atom. The average molecular weight is 279 g/mol. The fourth-order valence-corrected chi connectivity index (χ4v) is 2.36. The van der Waals surface area contributed by atoms with Crippen LogP contribution in [0.5, 0.6) is 5.75 Å². The molecule has 20 heavy (non-hydrogen) atoms. The number of unbranched alkanes of at least 4 members (excludes halogenated alkanes) is 1. The summed E-state index contributed by atoms with van der Waals surface area (Å²) in [5.74, 6) is 0.842. The number of pyridine rings is 1. The van der Waals surface area contributed by atoms with Gasteiger partial charge in [0.1, 0.15) is 5.75 Å². The van der Waals surface area contributed by atoms with Gasteiger partial charge in [-0.2, -0.15) is 0 Å². The van der Waals surface area contributed by atoms with Crippen molar-refractivity contribution in [2.24, 2.45) is 5.73 Å². The average Bonchev–Trinajstić information content (AvgIpc) is 2.48. The Hall–Kier alpha value is -1.33. The lowest BCUT2D eigenvalue weighted by Crippen LogP contribution is -2.39. The summed E-state index contributed by atoms with van der Waals surface area (Å²) in [5.41, 5.74) is 7.06. The maximum Gasteiger partial charge on any atom is 0.139 e. The van der Waals surface area contributed by atoms with Gasteiger partial charge in [0, 0.05) is 38.9 Å². The van der Waals surface area contributed by atoms with Crippen LogP contribution in [0.15, 0.2) is 18.5 Å². The first-order chi connectivity index (χ1) is 9.79. The van der Waals surface area contributed by atoms with Crippen LogP contribution < -0.4 is 15.4 Å². The van der Waals surface area contributed by atoms with Gasteiger partial charge in [0.2, 0.25) is 0 Å². The molecule has 0 saturated carbocycles. The lowest BCUT2D eigenvalue weighted by Gasteiger charge is -2.31. The van der Waals surface area contributed by atoms with Gasteiger partial charge in [-0.25, -0.2) is 0 Å². The minimum Gasteiger partial charge on any atom is -0.492 e. The predicted octanol–water partition coefficient (Wildman–Crippen LogP) is 1.81. The number of anilines is 1. The number of hydrogen-bond acceptors (Lipinski definition) is 5. The molecule has 5 nitrogen and oxygen atoms in total. The van der Waals surface area contributed by atoms with Crippen molar-refractivity contribution in [3.05, 3.63) is 18.5 Å². The Labute approximate surface area is 121 Å². The van der Waals surface area contributed by atoms with Gasteiger partial charge in [0.25, 0.3) is 0 Å². The molecule has 0 atom stereocenters. The maximum absolute atomic E-state index is 5.93. The first-order valence-electron chi connectivity index (χ1n) is 7.37. The number of nitrogens with zero attached hydrogens (tertiary/aromatic N) is 2. The number of rotatable bonds is 7. The van der Waals surface area contributed by atoms with Crippen molar-refractivity contribution >= 4 is 5.69 Å². The largest absolute Gasteiger partial charge is 0.492 e. The molecule has 2 N–H and O–H groups in total. The SMILES string of the molecule is COCCCCOc1cncc(N2CCC(N)CC2)c1. The van der Waals surface area contributed by atoms with Crippen LogP contribution in [0.1, 0.15) is 25.7 Å². The van der Waals surface area contributed by atoms with Gasteiger partial charge >= 0.3 is 0 Å². The lowest BCUT2D eigenvalue weighted by atomic mass is 10.1. The van der Waals surface area contributed by atoms with E-state index in [1.165, 1.54) is 0 Å². The summed E-state index contributed by atoms with van der Waals surface area (Å²) in [6.07, 6.45) is 7.78. The summed E-state index contributed by atoms with van der Waals surface area (Å²) in [7, 11) is 1.72. The monoisotopic (exact) mass is 279 g/mol. The van der Waals surface area contributed by atoms with E-state index in [0.29, 0.717) is 12.6 Å². The van der Waals surface area contributed by atoms with E-state index in [1.54, 1.807) is 13.3 Å². The van der Waals surface area contributed by atoms with E-state index in [-0.39, 0.29) is 0 Å². The first kappa shape index (κ1) is 15.1. The normalized spacial score (nSPS) is 16.4. The Balaban J connectivity index is 1.81. The van der Waals surface area contributed by atoms with Gasteiger partial charge in [-0.05, 0) is 25.7 Å². The number of nitrogens with two attached hydrogens (primary N) is 1. The van der Waals surface area contributed by atoms with Crippen molar-refractivity contribution in [2.45, 2.75) is 31.7 Å². The van der Waals surface area contributed by atoms with Gasteiger partial charge in [-0.15, -0.1) is 0 Å². The van der Waals surface area contributed by atoms with Crippen LogP contribution in [-0.4, -0.2) is 44.4 Å². The van der Waals surface area contributed by atoms with Gasteiger partial charge < -0.3 is 20.1 Å². The molecule has 2 rings (SSSR count). The Morgan fingerprint density at radius 2 is 2.00 bits per heavy atom. The van der Waals surface area contributed by atoms with Crippen molar-refractivity contribution in [3.63, 3.8) is 0 Å². The highest BCUT2D eigenvalue weighted by Crippen LogP contribution is 2.22. The molecule has 2 heterocycles. The summed E-state index contributed by atoms with van der Waals surface area (Å²) < 4.78 is 10.8. The third kappa shape index (κ3) is 4.65. The molecule has 0 unspecified atom stereocenters. The second kappa shape index (κ2) is 8.07. The van der Waals surface area contributed by atoms with Crippen molar-refractivity contribution in [1.29, 1.82) is 0 Å². The minimum absolute atomic E-state index is 0.347. The third-order valence-electron chi connectivity index (χ3n) is 3.62. The fraction of sp³-hybridized carbons (Fsp3) is 0.667. The highest BCUT2D eigenvalue weighted by molar-refractivity contribution is 5.48. The summed E-state index contributed by atoms with van der Waals surface area (Å²) in [6, 6.07) is 2.42. The van der Waals surface area contributed by atoms with E-state index in [4.69, 9.17) is 15.2 Å². The third-order valence-corrected chi connectivity index (χ3v) is 3.62. The fourth-order valence-electron chi connectivity index (χ4n) is 2.36. The van der Waals surface area contributed by atoms with Gasteiger partial charge in [0.15, 0.2) is 0 Å². The van der Waals surface area contributed by atoms with Gasteiger partial charge in [0.05, 0.1) is 24.7 Å². The molecule has 0 radical (unpaired) electrons. The summed E-state index contributed by atoms with van der Waals surface area (Å²) >= 11 is 0. The minimum atomic E-state index is 0.347. The van der Waals surface area contributed by atoms with Crippen LogP contribution in [-0.2, 0) is 4.74 Å². The van der Waals surface area contributed by atoms with E-state index in [0.717, 1.165) is 56.8 Å². The van der Waals surface area contributed by atoms with E-state index < -0.39 is 0 Å². The van der Waals surface area contributed by atoms with E-state index in [2.05, 4.69) is 16.0 Å². The summed E-state index contributed by atoms with van der Waals surface area (Å²) in [6.45, 7) is 3.50. The topological polar surface area (TPSA) is 60.6 Å². The molecule has 0 aliphatic carbocycles. The summed E-state index contributed by atoms with van der Waals surface area (Å²) in [4.78, 5) is 6.60. The maximum atomic E-state index is 5.93. The summed E-state index contributed by atoms with van der Waals surface area (Å²) in [5, 5.41) is 0. The smallest absolute Gasteiger partial charge is 0.139 e. The molecular weight excluding hydrogens is 254 g/mol. The highest BCUT2D eigenvalue weighted by atomic mass is 16.5. The number of piperidine rings is 1. The zero-order chi connectivity index (χ0) is 14.2. The van der Waals surface area contributed by atoms with Gasteiger partial charge in [-0.3, -0.25) is 4.98 Å². The first-order valence-corrected chi connectivity index (χ1v) is 7.37. The van der Waals surface area contributed by atoms with Gasteiger partial charge in [-0.1, -0.05) is 0 Å². The zero-order valence-electron chi connectivity index (χ0n) is 12.3.